The number of nitrogens with one attached hydrogen (secondary N) is 2. The first-order valence-electron chi connectivity index (χ1n) is 9.54. The van der Waals surface area contributed by atoms with Crippen LogP contribution in [0, 0.1) is 13.8 Å². The van der Waals surface area contributed by atoms with Crippen LogP contribution in [-0.4, -0.2) is 20.9 Å². The Bertz CT molecular complexity index is 1160. The number of hydrogen-bond acceptors (Lipinski definition) is 4. The SMILES string of the molecule is CCOc1ccccc1NC(=O)c1cccc(NS(=O)(=O)c2ccc(C)cc2)c1C. The Balaban J connectivity index is 1.86. The first kappa shape index (κ1) is 21.4. The molecule has 2 N–H and O–H groups in total. The second-order valence-corrected chi connectivity index (χ2v) is 8.46. The Morgan fingerprint density at radius 3 is 2.27 bits per heavy atom. The lowest BCUT2D eigenvalue weighted by molar-refractivity contribution is 0.102. The number of carbonyl (C=O) groups excluding carboxylic acids is 1. The summed E-state index contributed by atoms with van der Waals surface area (Å²) in [6.07, 6.45) is 0. The molecule has 0 atom stereocenters. The van der Waals surface area contributed by atoms with Gasteiger partial charge in [0.05, 0.1) is 22.9 Å². The van der Waals surface area contributed by atoms with Crippen LogP contribution < -0.4 is 14.8 Å². The highest BCUT2D eigenvalue weighted by atomic mass is 32.2. The van der Waals surface area contributed by atoms with Crippen LogP contribution in [0.15, 0.2) is 71.6 Å². The number of hydrogen-bond donors (Lipinski definition) is 2. The average molecular weight is 425 g/mol. The van der Waals surface area contributed by atoms with E-state index in [4.69, 9.17) is 4.74 Å². The predicted octanol–water partition coefficient (Wildman–Crippen LogP) is 4.76. The summed E-state index contributed by atoms with van der Waals surface area (Å²) in [6, 6.07) is 18.7. The van der Waals surface area contributed by atoms with Gasteiger partial charge < -0.3 is 10.1 Å². The van der Waals surface area contributed by atoms with Gasteiger partial charge in [-0.1, -0.05) is 35.9 Å². The minimum Gasteiger partial charge on any atom is -0.492 e. The van der Waals surface area contributed by atoms with E-state index in [0.29, 0.717) is 34.9 Å². The van der Waals surface area contributed by atoms with Gasteiger partial charge >= 0.3 is 0 Å². The second-order valence-electron chi connectivity index (χ2n) is 6.78. The van der Waals surface area contributed by atoms with Crippen LogP contribution >= 0.6 is 0 Å². The monoisotopic (exact) mass is 424 g/mol. The van der Waals surface area contributed by atoms with Gasteiger partial charge in [0.25, 0.3) is 15.9 Å². The molecule has 0 aliphatic rings. The molecule has 156 valence electrons. The summed E-state index contributed by atoms with van der Waals surface area (Å²) in [6.45, 7) is 5.94. The molecular formula is C23H24N2O4S. The topological polar surface area (TPSA) is 84.5 Å². The summed E-state index contributed by atoms with van der Waals surface area (Å²) in [5.41, 5.74) is 2.76. The summed E-state index contributed by atoms with van der Waals surface area (Å²) in [4.78, 5) is 13.0. The smallest absolute Gasteiger partial charge is 0.261 e. The van der Waals surface area contributed by atoms with E-state index >= 15 is 0 Å². The fourth-order valence-electron chi connectivity index (χ4n) is 2.95. The number of amides is 1. The van der Waals surface area contributed by atoms with Gasteiger partial charge in [-0.3, -0.25) is 9.52 Å². The zero-order chi connectivity index (χ0) is 21.7. The van der Waals surface area contributed by atoms with E-state index in [1.165, 1.54) is 0 Å². The van der Waals surface area contributed by atoms with Crippen molar-refractivity contribution in [3.63, 3.8) is 0 Å². The molecule has 3 aromatic carbocycles. The number of ether oxygens (including phenoxy) is 1. The zero-order valence-electron chi connectivity index (χ0n) is 17.1. The average Bonchev–Trinajstić information content (AvgIpc) is 2.71. The summed E-state index contributed by atoms with van der Waals surface area (Å²) in [5, 5.41) is 2.84. The molecule has 0 aliphatic heterocycles. The third-order valence-corrected chi connectivity index (χ3v) is 5.97. The number of sulfonamides is 1. The van der Waals surface area contributed by atoms with Crippen LogP contribution in [0.3, 0.4) is 0 Å². The minimum atomic E-state index is -3.77. The van der Waals surface area contributed by atoms with E-state index in [9.17, 15) is 13.2 Å². The van der Waals surface area contributed by atoms with Crippen LogP contribution in [0.4, 0.5) is 11.4 Å². The molecule has 0 heterocycles. The first-order chi connectivity index (χ1) is 14.3. The van der Waals surface area contributed by atoms with Crippen LogP contribution in [0.1, 0.15) is 28.4 Å². The Labute approximate surface area is 177 Å². The Hall–Kier alpha value is -3.32. The fourth-order valence-corrected chi connectivity index (χ4v) is 4.08. The molecule has 0 unspecified atom stereocenters. The highest BCUT2D eigenvalue weighted by Crippen LogP contribution is 2.27. The molecule has 0 saturated heterocycles. The largest absolute Gasteiger partial charge is 0.492 e. The molecule has 30 heavy (non-hydrogen) atoms. The molecule has 0 aliphatic carbocycles. The van der Waals surface area contributed by atoms with Crippen molar-refractivity contribution < 1.29 is 17.9 Å². The van der Waals surface area contributed by atoms with Gasteiger partial charge in [0, 0.05) is 5.56 Å². The van der Waals surface area contributed by atoms with E-state index in [1.807, 2.05) is 19.9 Å². The molecule has 0 saturated carbocycles. The molecule has 0 radical (unpaired) electrons. The summed E-state index contributed by atoms with van der Waals surface area (Å²) in [7, 11) is -3.77. The van der Waals surface area contributed by atoms with Crippen LogP contribution in [0.2, 0.25) is 0 Å². The maximum absolute atomic E-state index is 12.9. The van der Waals surface area contributed by atoms with Gasteiger partial charge in [0.1, 0.15) is 5.75 Å². The zero-order valence-corrected chi connectivity index (χ0v) is 17.9. The van der Waals surface area contributed by atoms with E-state index in [2.05, 4.69) is 10.0 Å². The number of benzene rings is 3. The van der Waals surface area contributed by atoms with E-state index in [-0.39, 0.29) is 10.8 Å². The van der Waals surface area contributed by atoms with Crippen molar-refractivity contribution in [3.8, 4) is 5.75 Å². The first-order valence-corrected chi connectivity index (χ1v) is 11.0. The fraction of sp³-hybridized carbons (Fsp3) is 0.174. The van der Waals surface area contributed by atoms with Gasteiger partial charge in [-0.25, -0.2) is 8.42 Å². The van der Waals surface area contributed by atoms with Crippen molar-refractivity contribution in [3.05, 3.63) is 83.4 Å². The molecule has 0 aromatic heterocycles. The maximum Gasteiger partial charge on any atom is 0.261 e. The minimum absolute atomic E-state index is 0.160. The molecule has 1 amide bonds. The van der Waals surface area contributed by atoms with Crippen molar-refractivity contribution in [1.82, 2.24) is 0 Å². The number of aryl methyl sites for hydroxylation is 1. The third-order valence-electron chi connectivity index (χ3n) is 4.59. The normalized spacial score (nSPS) is 11.0. The quantitative estimate of drug-likeness (QED) is 0.573. The van der Waals surface area contributed by atoms with Crippen LogP contribution in [0.25, 0.3) is 0 Å². The summed E-state index contributed by atoms with van der Waals surface area (Å²) >= 11 is 0. The van der Waals surface area contributed by atoms with Crippen molar-refractivity contribution in [2.24, 2.45) is 0 Å². The predicted molar refractivity (Wildman–Crippen MR) is 119 cm³/mol. The number of anilines is 2. The highest BCUT2D eigenvalue weighted by molar-refractivity contribution is 7.92. The van der Waals surface area contributed by atoms with Crippen LogP contribution in [0.5, 0.6) is 5.75 Å². The molecule has 3 rings (SSSR count). The molecule has 0 spiro atoms. The Kier molecular flexibility index (Phi) is 6.42. The molecule has 3 aromatic rings. The van der Waals surface area contributed by atoms with Gasteiger partial charge in [0.2, 0.25) is 0 Å². The molecule has 6 nitrogen and oxygen atoms in total. The molecule has 7 heteroatoms. The lowest BCUT2D eigenvalue weighted by atomic mass is 10.1. The van der Waals surface area contributed by atoms with Crippen molar-refractivity contribution >= 4 is 27.3 Å². The summed E-state index contributed by atoms with van der Waals surface area (Å²) < 4.78 is 33.6. The molecule has 0 fully saturated rings. The van der Waals surface area contributed by atoms with Gasteiger partial charge in [0.15, 0.2) is 0 Å². The second kappa shape index (κ2) is 9.00. The molecule has 0 bridgehead atoms. The van der Waals surface area contributed by atoms with Gasteiger partial charge in [-0.05, 0) is 62.7 Å². The lowest BCUT2D eigenvalue weighted by Crippen LogP contribution is -2.17. The van der Waals surface area contributed by atoms with E-state index < -0.39 is 10.0 Å². The maximum atomic E-state index is 12.9. The lowest BCUT2D eigenvalue weighted by Gasteiger charge is -2.15. The number of para-hydroxylation sites is 2. The Morgan fingerprint density at radius 2 is 1.57 bits per heavy atom. The van der Waals surface area contributed by atoms with E-state index in [0.717, 1.165) is 5.56 Å². The Morgan fingerprint density at radius 1 is 0.900 bits per heavy atom. The van der Waals surface area contributed by atoms with Crippen molar-refractivity contribution in [2.45, 2.75) is 25.7 Å². The third kappa shape index (κ3) is 4.80. The number of carbonyl (C=O) groups is 1. The number of rotatable bonds is 7. The van der Waals surface area contributed by atoms with Gasteiger partial charge in [-0.15, -0.1) is 0 Å². The standard InChI is InChI=1S/C23H24N2O4S/c1-4-29-22-11-6-5-9-21(22)24-23(26)19-8-7-10-20(17(19)3)25-30(27,28)18-14-12-16(2)13-15-18/h5-15,25H,4H2,1-3H3,(H,24,26). The molecular weight excluding hydrogens is 400 g/mol. The van der Waals surface area contributed by atoms with Crippen LogP contribution in [-0.2, 0) is 10.0 Å². The van der Waals surface area contributed by atoms with E-state index in [1.54, 1.807) is 67.6 Å². The summed E-state index contributed by atoms with van der Waals surface area (Å²) in [5.74, 6) is 0.221. The van der Waals surface area contributed by atoms with Gasteiger partial charge in [-0.2, -0.15) is 0 Å². The highest BCUT2D eigenvalue weighted by Gasteiger charge is 2.18. The van der Waals surface area contributed by atoms with Crippen molar-refractivity contribution in [1.29, 1.82) is 0 Å². The van der Waals surface area contributed by atoms with Crippen molar-refractivity contribution in [2.75, 3.05) is 16.6 Å².